The van der Waals surface area contributed by atoms with Crippen LogP contribution in [0.2, 0.25) is 0 Å². The molecule has 0 radical (unpaired) electrons. The van der Waals surface area contributed by atoms with Crippen LogP contribution in [0.5, 0.6) is 0 Å². The van der Waals surface area contributed by atoms with Crippen LogP contribution in [0.4, 0.5) is 0 Å². The van der Waals surface area contributed by atoms with E-state index in [-0.39, 0.29) is 0 Å². The highest BCUT2D eigenvalue weighted by atomic mass is 32.1. The Labute approximate surface area is 82.8 Å². The second kappa shape index (κ2) is 6.54. The molecular weight excluding hydrogens is 190 g/mol. The Morgan fingerprint density at radius 2 is 2.31 bits per heavy atom. The minimum absolute atomic E-state index is 0.322. The van der Waals surface area contributed by atoms with E-state index in [2.05, 4.69) is 12.2 Å². The molecule has 0 aromatic rings. The highest BCUT2D eigenvalue weighted by Crippen LogP contribution is 1.94. The molecule has 0 fully saturated rings. The lowest BCUT2D eigenvalue weighted by Gasteiger charge is -2.19. The number of nitrogens with zero attached hydrogens (tertiary/aromatic N) is 1. The molecule has 1 amide bonds. The Kier molecular flexibility index (Phi) is 6.05. The molecule has 0 saturated carbocycles. The molecule has 0 aliphatic heterocycles. The van der Waals surface area contributed by atoms with Crippen molar-refractivity contribution in [1.29, 1.82) is 0 Å². The van der Waals surface area contributed by atoms with E-state index in [1.54, 1.807) is 0 Å². The summed E-state index contributed by atoms with van der Waals surface area (Å²) in [7, 11) is 0. The Morgan fingerprint density at radius 3 is 2.62 bits per heavy atom. The molecular formula is C8H13NO3S. The van der Waals surface area contributed by atoms with E-state index >= 15 is 0 Å². The number of rotatable bonds is 6. The van der Waals surface area contributed by atoms with Gasteiger partial charge in [-0.15, -0.1) is 0 Å². The zero-order valence-corrected chi connectivity index (χ0v) is 8.54. The van der Waals surface area contributed by atoms with Crippen molar-refractivity contribution in [1.82, 2.24) is 4.90 Å². The lowest BCUT2D eigenvalue weighted by molar-refractivity contribution is -0.144. The minimum Gasteiger partial charge on any atom is -0.456 e. The molecule has 4 nitrogen and oxygen atoms in total. The summed E-state index contributed by atoms with van der Waals surface area (Å²) in [4.78, 5) is 22.5. The van der Waals surface area contributed by atoms with Gasteiger partial charge in [-0.05, 0) is 6.92 Å². The molecule has 0 saturated heterocycles. The number of thiocarbonyl (C=S) groups is 1. The van der Waals surface area contributed by atoms with E-state index in [1.807, 2.05) is 6.92 Å². The molecule has 0 aliphatic rings. The first kappa shape index (κ1) is 12.0. The third-order valence-corrected chi connectivity index (χ3v) is 1.74. The maximum Gasteiger partial charge on any atom is 0.303 e. The first-order chi connectivity index (χ1) is 6.13. The summed E-state index contributed by atoms with van der Waals surface area (Å²) in [5.74, 6) is -0.395. The zero-order chi connectivity index (χ0) is 10.3. The van der Waals surface area contributed by atoms with Gasteiger partial charge in [-0.3, -0.25) is 9.59 Å². The van der Waals surface area contributed by atoms with Crippen LogP contribution in [-0.2, 0) is 14.3 Å². The van der Waals surface area contributed by atoms with E-state index in [4.69, 9.17) is 4.74 Å². The second-order valence-electron chi connectivity index (χ2n) is 2.48. The fourth-order valence-corrected chi connectivity index (χ4v) is 0.941. The highest BCUT2D eigenvalue weighted by Gasteiger charge is 2.11. The number of likely N-dealkylation sites (N-methyl/N-ethyl adjacent to an activating group) is 1. The van der Waals surface area contributed by atoms with Crippen molar-refractivity contribution in [2.24, 2.45) is 0 Å². The van der Waals surface area contributed by atoms with E-state index in [0.717, 1.165) is 0 Å². The number of hydrogen-bond acceptors (Lipinski definition) is 4. The van der Waals surface area contributed by atoms with Crippen LogP contribution in [0, 0.1) is 0 Å². The largest absolute Gasteiger partial charge is 0.456 e. The van der Waals surface area contributed by atoms with Gasteiger partial charge in [-0.1, -0.05) is 12.2 Å². The normalized spacial score (nSPS) is 11.5. The first-order valence-corrected chi connectivity index (χ1v) is 4.43. The van der Waals surface area contributed by atoms with Gasteiger partial charge >= 0.3 is 5.97 Å². The lowest BCUT2D eigenvalue weighted by atomic mass is 10.3. The van der Waals surface area contributed by atoms with Crippen molar-refractivity contribution in [3.05, 3.63) is 0 Å². The van der Waals surface area contributed by atoms with E-state index in [9.17, 15) is 9.59 Å². The van der Waals surface area contributed by atoms with Gasteiger partial charge in [0.15, 0.2) is 0 Å². The number of carbonyl (C=O) groups is 2. The second-order valence-corrected chi connectivity index (χ2v) is 2.75. The van der Waals surface area contributed by atoms with Gasteiger partial charge in [0, 0.05) is 18.8 Å². The molecule has 0 spiro atoms. The number of amides is 1. The third kappa shape index (κ3) is 5.30. The van der Waals surface area contributed by atoms with Crippen molar-refractivity contribution in [3.8, 4) is 0 Å². The van der Waals surface area contributed by atoms with Crippen LogP contribution in [0.1, 0.15) is 13.8 Å². The van der Waals surface area contributed by atoms with Crippen molar-refractivity contribution in [2.45, 2.75) is 20.0 Å². The molecule has 0 aromatic heterocycles. The van der Waals surface area contributed by atoms with Crippen molar-refractivity contribution < 1.29 is 14.3 Å². The number of esters is 1. The molecule has 5 heteroatoms. The van der Waals surface area contributed by atoms with Gasteiger partial charge < -0.3 is 9.64 Å². The smallest absolute Gasteiger partial charge is 0.303 e. The summed E-state index contributed by atoms with van der Waals surface area (Å²) in [6.45, 7) is 4.04. The van der Waals surface area contributed by atoms with Gasteiger partial charge in [-0.2, -0.15) is 0 Å². The van der Waals surface area contributed by atoms with E-state index in [1.165, 1.54) is 17.2 Å². The highest BCUT2D eigenvalue weighted by molar-refractivity contribution is 7.79. The average Bonchev–Trinajstić information content (AvgIpc) is 2.11. The van der Waals surface area contributed by atoms with Gasteiger partial charge in [0.1, 0.15) is 6.10 Å². The summed E-state index contributed by atoms with van der Waals surface area (Å²) in [6, 6.07) is 0. The topological polar surface area (TPSA) is 46.6 Å². The predicted octanol–water partition coefficient (Wildman–Crippen LogP) is 0.396. The van der Waals surface area contributed by atoms with Crippen LogP contribution in [0.15, 0.2) is 0 Å². The summed E-state index contributed by atoms with van der Waals surface area (Å²) >= 11 is 4.66. The first-order valence-electron chi connectivity index (χ1n) is 3.95. The van der Waals surface area contributed by atoms with Crippen molar-refractivity contribution in [2.75, 3.05) is 13.1 Å². The molecule has 0 rings (SSSR count). The number of ether oxygens (including phenoxy) is 1. The molecule has 0 aromatic carbocycles. The van der Waals surface area contributed by atoms with Crippen LogP contribution in [-0.4, -0.2) is 41.8 Å². The molecule has 1 atom stereocenters. The summed E-state index contributed by atoms with van der Waals surface area (Å²) in [5.41, 5.74) is 0. The van der Waals surface area contributed by atoms with E-state index in [0.29, 0.717) is 19.5 Å². The molecule has 0 aliphatic carbocycles. The fourth-order valence-electron chi connectivity index (χ4n) is 0.799. The zero-order valence-electron chi connectivity index (χ0n) is 7.73. The molecule has 0 bridgehead atoms. The maximum atomic E-state index is 10.6. The standard InChI is InChI=1S/C8H13NO3S/c1-3-9(6-10)4-8(5-13)12-7(2)11/h5-6,8H,3-4H2,1-2H3. The van der Waals surface area contributed by atoms with Gasteiger partial charge in [0.25, 0.3) is 0 Å². The molecule has 0 heterocycles. The summed E-state index contributed by atoms with van der Waals surface area (Å²) < 4.78 is 4.83. The van der Waals surface area contributed by atoms with Gasteiger partial charge in [0.2, 0.25) is 6.41 Å². The van der Waals surface area contributed by atoms with Crippen molar-refractivity contribution >= 4 is 30.0 Å². The van der Waals surface area contributed by atoms with Crippen molar-refractivity contribution in [3.63, 3.8) is 0 Å². The fraction of sp³-hybridized carbons (Fsp3) is 0.625. The Morgan fingerprint density at radius 1 is 1.69 bits per heavy atom. The molecule has 74 valence electrons. The summed E-state index contributed by atoms with van der Waals surface area (Å²) in [6.07, 6.45) is 0.215. The predicted molar refractivity (Wildman–Crippen MR) is 52.5 cm³/mol. The van der Waals surface area contributed by atoms with Gasteiger partial charge in [-0.25, -0.2) is 0 Å². The maximum absolute atomic E-state index is 10.6. The number of carbonyl (C=O) groups excluding carboxylic acids is 2. The third-order valence-electron chi connectivity index (χ3n) is 1.44. The summed E-state index contributed by atoms with van der Waals surface area (Å²) in [5, 5.41) is 1.34. The van der Waals surface area contributed by atoms with E-state index < -0.39 is 12.1 Å². The Balaban J connectivity index is 4.02. The Bertz CT molecular complexity index is 196. The van der Waals surface area contributed by atoms with Crippen LogP contribution < -0.4 is 0 Å². The van der Waals surface area contributed by atoms with Crippen LogP contribution >= 0.6 is 12.2 Å². The Hall–Kier alpha value is -0.970. The average molecular weight is 203 g/mol. The van der Waals surface area contributed by atoms with Gasteiger partial charge in [0.05, 0.1) is 6.54 Å². The van der Waals surface area contributed by atoms with Crippen LogP contribution in [0.3, 0.4) is 0 Å². The lowest BCUT2D eigenvalue weighted by Crippen LogP contribution is -2.34. The monoisotopic (exact) mass is 203 g/mol. The van der Waals surface area contributed by atoms with Crippen LogP contribution in [0.25, 0.3) is 0 Å². The molecule has 13 heavy (non-hydrogen) atoms. The molecule has 0 N–H and O–H groups in total. The minimum atomic E-state index is -0.488. The SMILES string of the molecule is CCN(C=O)CC(C=S)OC(C)=O. The number of hydrogen-bond donors (Lipinski definition) is 0. The molecule has 1 unspecified atom stereocenters. The quantitative estimate of drug-likeness (QED) is 0.356.